The molecule has 0 amide bonds. The maximum absolute atomic E-state index is 13.0. The van der Waals surface area contributed by atoms with Crippen molar-refractivity contribution in [3.8, 4) is 0 Å². The molecule has 0 fully saturated rings. The Morgan fingerprint density at radius 3 is 2.65 bits per heavy atom. The van der Waals surface area contributed by atoms with E-state index in [2.05, 4.69) is 17.2 Å². The van der Waals surface area contributed by atoms with Gasteiger partial charge in [0.1, 0.15) is 5.82 Å². The molecule has 0 bridgehead atoms. The van der Waals surface area contributed by atoms with Crippen LogP contribution in [-0.2, 0) is 6.54 Å². The summed E-state index contributed by atoms with van der Waals surface area (Å²) in [6.07, 6.45) is 1.13. The Morgan fingerprint density at radius 1 is 1.30 bits per heavy atom. The minimum absolute atomic E-state index is 0.220. The second-order valence-corrected chi connectivity index (χ2v) is 5.78. The lowest BCUT2D eigenvalue weighted by atomic mass is 10.3. The highest BCUT2D eigenvalue weighted by atomic mass is 32.1. The maximum atomic E-state index is 13.0. The highest BCUT2D eigenvalue weighted by molar-refractivity contribution is 7.15. The first kappa shape index (κ1) is 14.9. The van der Waals surface area contributed by atoms with E-state index in [1.165, 1.54) is 17.0 Å². The molecule has 0 unspecified atom stereocenters. The summed E-state index contributed by atoms with van der Waals surface area (Å²) in [6, 6.07) is 6.47. The van der Waals surface area contributed by atoms with Crippen LogP contribution in [0.1, 0.15) is 23.9 Å². The summed E-state index contributed by atoms with van der Waals surface area (Å²) < 4.78 is 13.0. The SMILES string of the molecule is CCCNCc1sc(N(C)c2ccc(F)cc2)nc1C. The molecular weight excluding hydrogens is 273 g/mol. The van der Waals surface area contributed by atoms with Gasteiger partial charge in [0.25, 0.3) is 0 Å². The van der Waals surface area contributed by atoms with Gasteiger partial charge in [-0.2, -0.15) is 0 Å². The Bertz CT molecular complexity index is 551. The Labute approximate surface area is 123 Å². The van der Waals surface area contributed by atoms with Crippen molar-refractivity contribution >= 4 is 22.2 Å². The first-order valence-corrected chi connectivity index (χ1v) is 7.59. The average Bonchev–Trinajstić information content (AvgIpc) is 2.81. The van der Waals surface area contributed by atoms with Crippen LogP contribution in [0.3, 0.4) is 0 Å². The zero-order chi connectivity index (χ0) is 14.5. The van der Waals surface area contributed by atoms with Crippen LogP contribution >= 0.6 is 11.3 Å². The van der Waals surface area contributed by atoms with Crippen molar-refractivity contribution in [3.05, 3.63) is 40.7 Å². The van der Waals surface area contributed by atoms with E-state index in [1.54, 1.807) is 23.5 Å². The van der Waals surface area contributed by atoms with E-state index in [0.29, 0.717) is 0 Å². The van der Waals surface area contributed by atoms with Crippen LogP contribution in [0.15, 0.2) is 24.3 Å². The van der Waals surface area contributed by atoms with Crippen molar-refractivity contribution < 1.29 is 4.39 Å². The molecule has 1 N–H and O–H groups in total. The molecule has 20 heavy (non-hydrogen) atoms. The van der Waals surface area contributed by atoms with Crippen molar-refractivity contribution in [1.29, 1.82) is 0 Å². The highest BCUT2D eigenvalue weighted by Gasteiger charge is 2.12. The number of nitrogens with zero attached hydrogens (tertiary/aromatic N) is 2. The van der Waals surface area contributed by atoms with Crippen LogP contribution in [0.5, 0.6) is 0 Å². The summed E-state index contributed by atoms with van der Waals surface area (Å²) in [5.41, 5.74) is 2.00. The zero-order valence-electron chi connectivity index (χ0n) is 12.1. The highest BCUT2D eigenvalue weighted by Crippen LogP contribution is 2.30. The van der Waals surface area contributed by atoms with Crippen molar-refractivity contribution in [2.75, 3.05) is 18.5 Å². The molecule has 1 heterocycles. The molecule has 0 aliphatic carbocycles. The van der Waals surface area contributed by atoms with E-state index in [1.807, 2.05) is 18.9 Å². The molecule has 0 spiro atoms. The Kier molecular flexibility index (Phi) is 5.09. The monoisotopic (exact) mass is 293 g/mol. The predicted octanol–water partition coefficient (Wildman–Crippen LogP) is 3.86. The molecule has 0 atom stereocenters. The quantitative estimate of drug-likeness (QED) is 0.820. The van der Waals surface area contributed by atoms with Gasteiger partial charge in [0, 0.05) is 24.2 Å². The van der Waals surface area contributed by atoms with Gasteiger partial charge in [-0.15, -0.1) is 0 Å². The third-order valence-corrected chi connectivity index (χ3v) is 4.33. The van der Waals surface area contributed by atoms with Crippen molar-refractivity contribution in [1.82, 2.24) is 10.3 Å². The van der Waals surface area contributed by atoms with Gasteiger partial charge in [-0.1, -0.05) is 18.3 Å². The van der Waals surface area contributed by atoms with Crippen LogP contribution < -0.4 is 10.2 Å². The largest absolute Gasteiger partial charge is 0.321 e. The van der Waals surface area contributed by atoms with Gasteiger partial charge in [-0.05, 0) is 44.2 Å². The lowest BCUT2D eigenvalue weighted by Gasteiger charge is -2.15. The third-order valence-electron chi connectivity index (χ3n) is 3.09. The van der Waals surface area contributed by atoms with Gasteiger partial charge in [0.05, 0.1) is 5.69 Å². The van der Waals surface area contributed by atoms with Gasteiger partial charge >= 0.3 is 0 Å². The molecule has 2 aromatic rings. The molecule has 0 saturated heterocycles. The molecular formula is C15H20FN3S. The Balaban J connectivity index is 2.12. The van der Waals surface area contributed by atoms with Crippen LogP contribution in [0.2, 0.25) is 0 Å². The minimum Gasteiger partial charge on any atom is -0.321 e. The van der Waals surface area contributed by atoms with Crippen LogP contribution in [0.4, 0.5) is 15.2 Å². The fraction of sp³-hybridized carbons (Fsp3) is 0.400. The normalized spacial score (nSPS) is 10.8. The van der Waals surface area contributed by atoms with Crippen LogP contribution in [0, 0.1) is 12.7 Å². The fourth-order valence-electron chi connectivity index (χ4n) is 1.87. The number of hydrogen-bond acceptors (Lipinski definition) is 4. The van der Waals surface area contributed by atoms with Crippen LogP contribution in [0.25, 0.3) is 0 Å². The summed E-state index contributed by atoms with van der Waals surface area (Å²) in [7, 11) is 1.95. The molecule has 1 aromatic carbocycles. The smallest absolute Gasteiger partial charge is 0.190 e. The zero-order valence-corrected chi connectivity index (χ0v) is 12.9. The number of anilines is 2. The van der Waals surface area contributed by atoms with Gasteiger partial charge in [-0.25, -0.2) is 9.37 Å². The number of halogens is 1. The maximum Gasteiger partial charge on any atom is 0.190 e. The molecule has 0 radical (unpaired) electrons. The Hall–Kier alpha value is -1.46. The number of rotatable bonds is 6. The van der Waals surface area contributed by atoms with E-state index >= 15 is 0 Å². The number of benzene rings is 1. The number of thiazole rings is 1. The number of aromatic nitrogens is 1. The van der Waals surface area contributed by atoms with E-state index in [-0.39, 0.29) is 5.82 Å². The molecule has 0 saturated carbocycles. The third kappa shape index (κ3) is 3.55. The number of aryl methyl sites for hydroxylation is 1. The van der Waals surface area contributed by atoms with E-state index < -0.39 is 0 Å². The summed E-state index contributed by atoms with van der Waals surface area (Å²) in [5.74, 6) is -0.220. The average molecular weight is 293 g/mol. The summed E-state index contributed by atoms with van der Waals surface area (Å²) in [6.45, 7) is 6.05. The molecule has 0 aliphatic heterocycles. The second-order valence-electron chi connectivity index (χ2n) is 4.72. The molecule has 108 valence electrons. The van der Waals surface area contributed by atoms with E-state index in [4.69, 9.17) is 0 Å². The van der Waals surface area contributed by atoms with E-state index in [9.17, 15) is 4.39 Å². The first-order valence-electron chi connectivity index (χ1n) is 6.78. The van der Waals surface area contributed by atoms with Crippen molar-refractivity contribution in [2.24, 2.45) is 0 Å². The molecule has 2 rings (SSSR count). The summed E-state index contributed by atoms with van der Waals surface area (Å²) in [5, 5.41) is 4.33. The van der Waals surface area contributed by atoms with Crippen molar-refractivity contribution in [3.63, 3.8) is 0 Å². The fourth-order valence-corrected chi connectivity index (χ4v) is 2.89. The lowest BCUT2D eigenvalue weighted by molar-refractivity contribution is 0.628. The molecule has 0 aliphatic rings. The summed E-state index contributed by atoms with van der Waals surface area (Å²) >= 11 is 1.68. The van der Waals surface area contributed by atoms with Crippen molar-refractivity contribution in [2.45, 2.75) is 26.8 Å². The van der Waals surface area contributed by atoms with Gasteiger partial charge in [0.15, 0.2) is 5.13 Å². The second kappa shape index (κ2) is 6.81. The molecule has 5 heteroatoms. The lowest BCUT2D eigenvalue weighted by Crippen LogP contribution is -2.13. The standard InChI is InChI=1S/C15H20FN3S/c1-4-9-17-10-14-11(2)18-15(20-14)19(3)13-7-5-12(16)6-8-13/h5-8,17H,4,9-10H2,1-3H3. The van der Waals surface area contributed by atoms with Gasteiger partial charge in [-0.3, -0.25) is 0 Å². The molecule has 3 nitrogen and oxygen atoms in total. The van der Waals surface area contributed by atoms with Gasteiger partial charge in [0.2, 0.25) is 0 Å². The van der Waals surface area contributed by atoms with E-state index in [0.717, 1.165) is 36.0 Å². The van der Waals surface area contributed by atoms with Gasteiger partial charge < -0.3 is 10.2 Å². The number of hydrogen-bond donors (Lipinski definition) is 1. The first-order chi connectivity index (χ1) is 9.61. The van der Waals surface area contributed by atoms with Crippen LogP contribution in [-0.4, -0.2) is 18.6 Å². The predicted molar refractivity (Wildman–Crippen MR) is 83.3 cm³/mol. The molecule has 1 aromatic heterocycles. The summed E-state index contributed by atoms with van der Waals surface area (Å²) in [4.78, 5) is 7.84. The topological polar surface area (TPSA) is 28.2 Å². The Morgan fingerprint density at radius 2 is 2.00 bits per heavy atom. The minimum atomic E-state index is -0.220. The number of nitrogens with one attached hydrogen (secondary N) is 1.